The maximum atomic E-state index is 13.2. The highest BCUT2D eigenvalue weighted by Crippen LogP contribution is 2.30. The maximum Gasteiger partial charge on any atom is 0.261 e. The molecule has 0 saturated carbocycles. The molecule has 0 atom stereocenters. The van der Waals surface area contributed by atoms with Crippen LogP contribution in [-0.2, 0) is 10.0 Å². The van der Waals surface area contributed by atoms with E-state index in [9.17, 15) is 12.8 Å². The zero-order chi connectivity index (χ0) is 19.4. The van der Waals surface area contributed by atoms with Crippen molar-refractivity contribution < 1.29 is 17.5 Å². The second-order valence-electron chi connectivity index (χ2n) is 5.68. The summed E-state index contributed by atoms with van der Waals surface area (Å²) >= 11 is 0. The summed E-state index contributed by atoms with van der Waals surface area (Å²) in [5.74, 6) is 0.106. The normalized spacial score (nSPS) is 11.0. The van der Waals surface area contributed by atoms with Gasteiger partial charge in [-0.05, 0) is 54.6 Å². The van der Waals surface area contributed by atoms with Crippen LogP contribution in [0.25, 0.3) is 0 Å². The van der Waals surface area contributed by atoms with Crippen molar-refractivity contribution >= 4 is 32.8 Å². The lowest BCUT2D eigenvalue weighted by Crippen LogP contribution is -2.14. The molecule has 0 unspecified atom stereocenters. The minimum absolute atomic E-state index is 0.0967. The summed E-state index contributed by atoms with van der Waals surface area (Å²) in [5, 5.41) is 3.02. The predicted octanol–water partition coefficient (Wildman–Crippen LogP) is 3.96. The van der Waals surface area contributed by atoms with Gasteiger partial charge in [-0.2, -0.15) is 0 Å². The Kier molecular flexibility index (Phi) is 5.18. The number of para-hydroxylation sites is 2. The number of nitrogen functional groups attached to an aromatic ring is 1. The summed E-state index contributed by atoms with van der Waals surface area (Å²) in [4.78, 5) is 0.0967. The fraction of sp³-hybridized carbons (Fsp3) is 0.0526. The van der Waals surface area contributed by atoms with Crippen molar-refractivity contribution in [1.29, 1.82) is 0 Å². The first-order chi connectivity index (χ1) is 12.9. The fourth-order valence-electron chi connectivity index (χ4n) is 2.43. The van der Waals surface area contributed by atoms with Crippen LogP contribution in [0.15, 0.2) is 71.6 Å². The second-order valence-corrected chi connectivity index (χ2v) is 7.37. The number of benzene rings is 3. The van der Waals surface area contributed by atoms with Crippen LogP contribution < -0.4 is 20.5 Å². The molecular formula is C19H18FN3O3S. The minimum atomic E-state index is -3.81. The van der Waals surface area contributed by atoms with E-state index in [4.69, 9.17) is 10.5 Å². The molecule has 0 aromatic heterocycles. The van der Waals surface area contributed by atoms with Gasteiger partial charge in [0.1, 0.15) is 11.6 Å². The molecule has 27 heavy (non-hydrogen) atoms. The molecule has 3 rings (SSSR count). The van der Waals surface area contributed by atoms with E-state index in [0.29, 0.717) is 22.8 Å². The molecule has 4 N–H and O–H groups in total. The van der Waals surface area contributed by atoms with Gasteiger partial charge in [-0.15, -0.1) is 0 Å². The average Bonchev–Trinajstić information content (AvgIpc) is 2.65. The van der Waals surface area contributed by atoms with E-state index in [1.165, 1.54) is 37.4 Å². The van der Waals surface area contributed by atoms with E-state index in [1.807, 2.05) is 0 Å². The molecule has 0 spiro atoms. The van der Waals surface area contributed by atoms with Gasteiger partial charge in [-0.25, -0.2) is 12.8 Å². The molecular weight excluding hydrogens is 369 g/mol. The van der Waals surface area contributed by atoms with Crippen LogP contribution in [0.3, 0.4) is 0 Å². The molecule has 0 heterocycles. The molecule has 0 aliphatic rings. The second kappa shape index (κ2) is 7.55. The summed E-state index contributed by atoms with van der Waals surface area (Å²) in [6, 6.07) is 16.7. The Labute approximate surface area is 156 Å². The van der Waals surface area contributed by atoms with Gasteiger partial charge in [0, 0.05) is 0 Å². The Morgan fingerprint density at radius 3 is 2.22 bits per heavy atom. The zero-order valence-corrected chi connectivity index (χ0v) is 15.3. The highest BCUT2D eigenvalue weighted by Gasteiger charge is 2.16. The van der Waals surface area contributed by atoms with Crippen molar-refractivity contribution in [2.45, 2.75) is 4.90 Å². The minimum Gasteiger partial charge on any atom is -0.497 e. The zero-order valence-electron chi connectivity index (χ0n) is 14.4. The van der Waals surface area contributed by atoms with Crippen LogP contribution >= 0.6 is 0 Å². The SMILES string of the molecule is COc1ccc(S(=O)(=O)Nc2ccccc2Nc2ccc(F)cc2N)cc1. The lowest BCUT2D eigenvalue weighted by molar-refractivity contribution is 0.414. The van der Waals surface area contributed by atoms with E-state index >= 15 is 0 Å². The summed E-state index contributed by atoms with van der Waals surface area (Å²) < 4.78 is 46.1. The quantitative estimate of drug-likeness (QED) is 0.557. The monoisotopic (exact) mass is 387 g/mol. The van der Waals surface area contributed by atoms with Crippen molar-refractivity contribution in [3.8, 4) is 5.75 Å². The van der Waals surface area contributed by atoms with Gasteiger partial charge in [0.05, 0.1) is 34.8 Å². The number of hydrogen-bond acceptors (Lipinski definition) is 5. The van der Waals surface area contributed by atoms with Crippen LogP contribution in [-0.4, -0.2) is 15.5 Å². The third kappa shape index (κ3) is 4.29. The van der Waals surface area contributed by atoms with E-state index in [-0.39, 0.29) is 10.6 Å². The van der Waals surface area contributed by atoms with Gasteiger partial charge in [-0.3, -0.25) is 4.72 Å². The molecule has 0 bridgehead atoms. The first kappa shape index (κ1) is 18.5. The van der Waals surface area contributed by atoms with Crippen molar-refractivity contribution in [3.63, 3.8) is 0 Å². The third-order valence-corrected chi connectivity index (χ3v) is 5.21. The van der Waals surface area contributed by atoms with Crippen molar-refractivity contribution in [2.24, 2.45) is 0 Å². The van der Waals surface area contributed by atoms with Crippen molar-refractivity contribution in [1.82, 2.24) is 0 Å². The number of ether oxygens (including phenoxy) is 1. The van der Waals surface area contributed by atoms with Gasteiger partial charge in [-0.1, -0.05) is 12.1 Å². The van der Waals surface area contributed by atoms with Crippen molar-refractivity contribution in [3.05, 3.63) is 72.5 Å². The highest BCUT2D eigenvalue weighted by atomic mass is 32.2. The number of methoxy groups -OCH3 is 1. The molecule has 0 aliphatic carbocycles. The van der Waals surface area contributed by atoms with E-state index < -0.39 is 15.8 Å². The van der Waals surface area contributed by atoms with Crippen molar-refractivity contribution in [2.75, 3.05) is 22.9 Å². The Balaban J connectivity index is 1.89. The number of hydrogen-bond donors (Lipinski definition) is 3. The van der Waals surface area contributed by atoms with Gasteiger partial charge in [0.15, 0.2) is 0 Å². The van der Waals surface area contributed by atoms with Gasteiger partial charge in [0.2, 0.25) is 0 Å². The molecule has 0 aliphatic heterocycles. The van der Waals surface area contributed by atoms with Gasteiger partial charge < -0.3 is 15.8 Å². The largest absolute Gasteiger partial charge is 0.497 e. The first-order valence-electron chi connectivity index (χ1n) is 7.97. The molecule has 0 radical (unpaired) electrons. The lowest BCUT2D eigenvalue weighted by Gasteiger charge is -2.15. The van der Waals surface area contributed by atoms with E-state index in [1.54, 1.807) is 36.4 Å². The molecule has 0 amide bonds. The van der Waals surface area contributed by atoms with E-state index in [0.717, 1.165) is 0 Å². The predicted molar refractivity (Wildman–Crippen MR) is 104 cm³/mol. The van der Waals surface area contributed by atoms with Gasteiger partial charge >= 0.3 is 0 Å². The topological polar surface area (TPSA) is 93.5 Å². The highest BCUT2D eigenvalue weighted by molar-refractivity contribution is 7.92. The summed E-state index contributed by atoms with van der Waals surface area (Å²) in [6.45, 7) is 0. The van der Waals surface area contributed by atoms with Crippen LogP contribution in [0.2, 0.25) is 0 Å². The fourth-order valence-corrected chi connectivity index (χ4v) is 3.51. The van der Waals surface area contributed by atoms with E-state index in [2.05, 4.69) is 10.0 Å². The number of nitrogens with one attached hydrogen (secondary N) is 2. The maximum absolute atomic E-state index is 13.2. The molecule has 0 saturated heterocycles. The number of sulfonamides is 1. The molecule has 140 valence electrons. The number of halogens is 1. The molecule has 3 aromatic rings. The Morgan fingerprint density at radius 2 is 1.59 bits per heavy atom. The van der Waals surface area contributed by atoms with Crippen LogP contribution in [0.5, 0.6) is 5.75 Å². The Bertz CT molecular complexity index is 1050. The van der Waals surface area contributed by atoms with Crippen LogP contribution in [0.4, 0.5) is 27.1 Å². The molecule has 0 fully saturated rings. The Morgan fingerprint density at radius 1 is 0.926 bits per heavy atom. The third-order valence-electron chi connectivity index (χ3n) is 3.82. The summed E-state index contributed by atoms with van der Waals surface area (Å²) in [6.07, 6.45) is 0. The molecule has 8 heteroatoms. The van der Waals surface area contributed by atoms with Gasteiger partial charge in [0.25, 0.3) is 10.0 Å². The Hall–Kier alpha value is -3.26. The standard InChI is InChI=1S/C19H18FN3O3S/c1-26-14-7-9-15(10-8-14)27(24,25)23-19-5-3-2-4-18(19)22-17-11-6-13(20)12-16(17)21/h2-12,22-23H,21H2,1H3. The molecule has 3 aromatic carbocycles. The van der Waals surface area contributed by atoms with Crippen LogP contribution in [0.1, 0.15) is 0 Å². The smallest absolute Gasteiger partial charge is 0.261 e. The summed E-state index contributed by atoms with van der Waals surface area (Å²) in [5.41, 5.74) is 7.30. The molecule has 6 nitrogen and oxygen atoms in total. The number of nitrogens with two attached hydrogens (primary N) is 1. The van der Waals surface area contributed by atoms with Crippen LogP contribution in [0, 0.1) is 5.82 Å². The first-order valence-corrected chi connectivity index (χ1v) is 9.45. The average molecular weight is 387 g/mol. The lowest BCUT2D eigenvalue weighted by atomic mass is 10.2. The number of rotatable bonds is 6. The summed E-state index contributed by atoms with van der Waals surface area (Å²) in [7, 11) is -2.30. The number of anilines is 4.